The lowest BCUT2D eigenvalue weighted by atomic mass is 10.1. The Morgan fingerprint density at radius 1 is 1.13 bits per heavy atom. The van der Waals surface area contributed by atoms with Crippen LogP contribution in [0.4, 0.5) is 13.2 Å². The molecule has 0 saturated carbocycles. The second kappa shape index (κ2) is 12.1. The molecule has 0 radical (unpaired) electrons. The van der Waals surface area contributed by atoms with Gasteiger partial charge >= 0.3 is 6.18 Å². The van der Waals surface area contributed by atoms with Gasteiger partial charge in [0, 0.05) is 13.6 Å². The topological polar surface area (TPSA) is 71.7 Å². The van der Waals surface area contributed by atoms with E-state index in [2.05, 4.69) is 25.3 Å². The Kier molecular flexibility index (Phi) is 9.78. The number of thiophene rings is 1. The summed E-state index contributed by atoms with van der Waals surface area (Å²) in [4.78, 5) is 9.58. The van der Waals surface area contributed by atoms with Gasteiger partial charge in [0.2, 0.25) is 5.89 Å². The van der Waals surface area contributed by atoms with Crippen molar-refractivity contribution in [1.29, 1.82) is 0 Å². The number of ether oxygens (including phenoxy) is 1. The smallest absolute Gasteiger partial charge is 0.411 e. The van der Waals surface area contributed by atoms with Crippen LogP contribution in [0.5, 0.6) is 0 Å². The van der Waals surface area contributed by atoms with Crippen molar-refractivity contribution in [3.05, 3.63) is 64.9 Å². The van der Waals surface area contributed by atoms with Crippen LogP contribution in [0.15, 0.2) is 57.5 Å². The molecule has 0 aliphatic rings. The fourth-order valence-electron chi connectivity index (χ4n) is 2.52. The lowest BCUT2D eigenvalue weighted by molar-refractivity contribution is -0.176. The van der Waals surface area contributed by atoms with Crippen LogP contribution < -0.4 is 10.6 Å². The van der Waals surface area contributed by atoms with Gasteiger partial charge in [0.1, 0.15) is 12.9 Å². The van der Waals surface area contributed by atoms with Gasteiger partial charge in [0.25, 0.3) is 0 Å². The molecule has 0 aliphatic heterocycles. The van der Waals surface area contributed by atoms with Gasteiger partial charge in [-0.2, -0.15) is 13.2 Å². The summed E-state index contributed by atoms with van der Waals surface area (Å²) < 4.78 is 46.5. The number of aromatic nitrogens is 1. The second-order valence-electron chi connectivity index (χ2n) is 6.33. The number of hydrogen-bond donors (Lipinski definition) is 2. The monoisotopic (exact) mass is 566 g/mol. The number of benzene rings is 1. The molecule has 31 heavy (non-hydrogen) atoms. The molecule has 0 spiro atoms. The highest BCUT2D eigenvalue weighted by molar-refractivity contribution is 14.0. The summed E-state index contributed by atoms with van der Waals surface area (Å²) in [7, 11) is 1.66. The maximum Gasteiger partial charge on any atom is 0.411 e. The molecule has 0 fully saturated rings. The number of alkyl halides is 3. The average molecular weight is 566 g/mol. The summed E-state index contributed by atoms with van der Waals surface area (Å²) in [5.74, 6) is 1.18. The Morgan fingerprint density at radius 2 is 1.84 bits per heavy atom. The molecule has 0 saturated heterocycles. The SMILES string of the molecule is CN=C(NCc1ccc(COCC(F)(F)F)cc1)NCc1coc(-c2cccs2)n1.I. The van der Waals surface area contributed by atoms with Crippen LogP contribution in [-0.2, 0) is 24.4 Å². The average Bonchev–Trinajstić information content (AvgIpc) is 3.40. The normalized spacial score (nSPS) is 11.8. The van der Waals surface area contributed by atoms with Gasteiger partial charge in [0.15, 0.2) is 5.96 Å². The Balaban J connectivity index is 0.00000341. The van der Waals surface area contributed by atoms with Gasteiger partial charge in [-0.15, -0.1) is 35.3 Å². The Morgan fingerprint density at radius 3 is 2.48 bits per heavy atom. The van der Waals surface area contributed by atoms with E-state index in [1.165, 1.54) is 0 Å². The number of halogens is 4. The highest BCUT2D eigenvalue weighted by atomic mass is 127. The summed E-state index contributed by atoms with van der Waals surface area (Å²) in [5.41, 5.74) is 2.39. The van der Waals surface area contributed by atoms with E-state index in [4.69, 9.17) is 4.42 Å². The fourth-order valence-corrected chi connectivity index (χ4v) is 3.18. The molecule has 1 aromatic carbocycles. The first kappa shape index (κ1) is 25.1. The van der Waals surface area contributed by atoms with Crippen LogP contribution in [0.3, 0.4) is 0 Å². The zero-order chi connectivity index (χ0) is 21.4. The van der Waals surface area contributed by atoms with Crippen molar-refractivity contribution in [2.75, 3.05) is 13.7 Å². The van der Waals surface area contributed by atoms with Crippen molar-refractivity contribution in [3.8, 4) is 10.8 Å². The molecule has 0 atom stereocenters. The third-order valence-electron chi connectivity index (χ3n) is 3.96. The molecule has 168 valence electrons. The number of nitrogens with zero attached hydrogens (tertiary/aromatic N) is 2. The molecule has 2 N–H and O–H groups in total. The van der Waals surface area contributed by atoms with Crippen LogP contribution >= 0.6 is 35.3 Å². The van der Waals surface area contributed by atoms with E-state index in [9.17, 15) is 13.2 Å². The molecule has 2 aromatic heterocycles. The summed E-state index contributed by atoms with van der Waals surface area (Å²) >= 11 is 1.56. The number of hydrogen-bond acceptors (Lipinski definition) is 5. The van der Waals surface area contributed by atoms with E-state index in [0.717, 1.165) is 16.1 Å². The standard InChI is InChI=1S/C20H21F3N4O2S.HI/c1-24-19(26-10-16-12-29-18(27-16)17-3-2-8-30-17)25-9-14-4-6-15(7-5-14)11-28-13-20(21,22)23;/h2-8,12H,9-11,13H2,1H3,(H2,24,25,26);1H. The molecular weight excluding hydrogens is 544 g/mol. The summed E-state index contributed by atoms with van der Waals surface area (Å²) in [6.07, 6.45) is -2.71. The number of aliphatic imine (C=N–C) groups is 1. The summed E-state index contributed by atoms with van der Waals surface area (Å²) in [5, 5.41) is 8.30. The van der Waals surface area contributed by atoms with Gasteiger partial charge in [0.05, 0.1) is 23.7 Å². The van der Waals surface area contributed by atoms with Gasteiger partial charge in [-0.3, -0.25) is 4.99 Å². The van der Waals surface area contributed by atoms with Gasteiger partial charge < -0.3 is 19.8 Å². The fraction of sp³-hybridized carbons (Fsp3) is 0.300. The molecule has 3 aromatic rings. The van der Waals surface area contributed by atoms with E-state index in [1.807, 2.05) is 29.6 Å². The molecule has 2 heterocycles. The first-order valence-corrected chi connectivity index (χ1v) is 9.96. The van der Waals surface area contributed by atoms with Crippen molar-refractivity contribution in [3.63, 3.8) is 0 Å². The van der Waals surface area contributed by atoms with E-state index < -0.39 is 12.8 Å². The lowest BCUT2D eigenvalue weighted by Gasteiger charge is -2.11. The van der Waals surface area contributed by atoms with Gasteiger partial charge in [-0.05, 0) is 22.6 Å². The third kappa shape index (κ3) is 8.50. The van der Waals surface area contributed by atoms with E-state index >= 15 is 0 Å². The van der Waals surface area contributed by atoms with E-state index in [0.29, 0.717) is 30.5 Å². The predicted molar refractivity (Wildman–Crippen MR) is 124 cm³/mol. The largest absolute Gasteiger partial charge is 0.443 e. The van der Waals surface area contributed by atoms with Gasteiger partial charge in [-0.25, -0.2) is 4.98 Å². The Hall–Kier alpha value is -2.12. The third-order valence-corrected chi connectivity index (χ3v) is 4.82. The van der Waals surface area contributed by atoms with Crippen LogP contribution in [0.25, 0.3) is 10.8 Å². The van der Waals surface area contributed by atoms with E-state index in [-0.39, 0.29) is 30.6 Å². The van der Waals surface area contributed by atoms with Crippen molar-refractivity contribution in [2.24, 2.45) is 4.99 Å². The summed E-state index contributed by atoms with van der Waals surface area (Å²) in [6.45, 7) is -0.382. The number of nitrogens with one attached hydrogen (secondary N) is 2. The molecule has 0 bridgehead atoms. The van der Waals surface area contributed by atoms with Crippen molar-refractivity contribution in [1.82, 2.24) is 15.6 Å². The Bertz CT molecular complexity index is 944. The van der Waals surface area contributed by atoms with E-state index in [1.54, 1.807) is 36.8 Å². The maximum atomic E-state index is 12.1. The minimum atomic E-state index is -4.32. The summed E-state index contributed by atoms with van der Waals surface area (Å²) in [6, 6.07) is 11.0. The quantitative estimate of drug-likeness (QED) is 0.229. The van der Waals surface area contributed by atoms with Crippen LogP contribution in [0.2, 0.25) is 0 Å². The first-order valence-electron chi connectivity index (χ1n) is 9.08. The number of rotatable bonds is 8. The molecular formula is C20H22F3IN4O2S. The zero-order valence-electron chi connectivity index (χ0n) is 16.6. The lowest BCUT2D eigenvalue weighted by Crippen LogP contribution is -2.36. The molecule has 0 amide bonds. The molecule has 3 rings (SSSR count). The maximum absolute atomic E-state index is 12.1. The number of guanidine groups is 1. The molecule has 11 heteroatoms. The van der Waals surface area contributed by atoms with Crippen LogP contribution in [0, 0.1) is 0 Å². The zero-order valence-corrected chi connectivity index (χ0v) is 19.8. The van der Waals surface area contributed by atoms with Crippen LogP contribution in [-0.4, -0.2) is 30.8 Å². The Labute approximate surface area is 199 Å². The number of oxazole rings is 1. The van der Waals surface area contributed by atoms with Crippen LogP contribution in [0.1, 0.15) is 16.8 Å². The minimum Gasteiger partial charge on any atom is -0.443 e. The van der Waals surface area contributed by atoms with Gasteiger partial charge in [-0.1, -0.05) is 30.3 Å². The highest BCUT2D eigenvalue weighted by Crippen LogP contribution is 2.23. The van der Waals surface area contributed by atoms with Crippen molar-refractivity contribution in [2.45, 2.75) is 25.9 Å². The second-order valence-corrected chi connectivity index (χ2v) is 7.27. The minimum absolute atomic E-state index is 0. The molecule has 0 unspecified atom stereocenters. The van der Waals surface area contributed by atoms with Crippen molar-refractivity contribution >= 4 is 41.3 Å². The predicted octanol–water partition coefficient (Wildman–Crippen LogP) is 4.97. The first-order chi connectivity index (χ1) is 14.4. The molecule has 0 aliphatic carbocycles. The molecule has 6 nitrogen and oxygen atoms in total. The highest BCUT2D eigenvalue weighted by Gasteiger charge is 2.27. The van der Waals surface area contributed by atoms with Crippen molar-refractivity contribution < 1.29 is 22.3 Å².